The van der Waals surface area contributed by atoms with E-state index in [2.05, 4.69) is 18.2 Å². The van der Waals surface area contributed by atoms with Gasteiger partial charge in [0, 0.05) is 0 Å². The quantitative estimate of drug-likeness (QED) is 0.506. The van der Waals surface area contributed by atoms with Gasteiger partial charge in [0.25, 0.3) is 0 Å². The van der Waals surface area contributed by atoms with Crippen molar-refractivity contribution in [2.45, 2.75) is 18.8 Å². The molecule has 1 saturated carbocycles. The van der Waals surface area contributed by atoms with Crippen molar-refractivity contribution in [1.82, 2.24) is 0 Å². The number of hydrogen-bond acceptors (Lipinski definition) is 1. The molecule has 0 radical (unpaired) electrons. The van der Waals surface area contributed by atoms with Crippen LogP contribution in [0.15, 0.2) is 30.3 Å². The highest BCUT2D eigenvalue weighted by atomic mass is 16.1. The van der Waals surface area contributed by atoms with Crippen LogP contribution >= 0.6 is 0 Å². The van der Waals surface area contributed by atoms with Crippen molar-refractivity contribution in [3.63, 3.8) is 0 Å². The van der Waals surface area contributed by atoms with Crippen molar-refractivity contribution in [3.05, 3.63) is 41.5 Å². The summed E-state index contributed by atoms with van der Waals surface area (Å²) in [5.74, 6) is 0.782. The van der Waals surface area contributed by atoms with Crippen LogP contribution in [0, 0.1) is 0 Å². The Labute approximate surface area is 78.1 Å². The molecule has 2 rings (SSSR count). The lowest BCUT2D eigenvalue weighted by Gasteiger charge is -1.98. The molecule has 1 fully saturated rings. The van der Waals surface area contributed by atoms with Crippen LogP contribution in [0.25, 0.3) is 6.08 Å². The Balaban J connectivity index is 2.21. The summed E-state index contributed by atoms with van der Waals surface area (Å²) in [4.78, 5) is 10.1. The van der Waals surface area contributed by atoms with Crippen molar-refractivity contribution < 1.29 is 4.79 Å². The lowest BCUT2D eigenvalue weighted by atomic mass is 10.1. The maximum Gasteiger partial charge on any atom is 0.142 e. The van der Waals surface area contributed by atoms with Gasteiger partial charge in [0.1, 0.15) is 6.29 Å². The first kappa shape index (κ1) is 8.24. The van der Waals surface area contributed by atoms with E-state index in [-0.39, 0.29) is 0 Å². The number of rotatable bonds is 3. The van der Waals surface area contributed by atoms with E-state index in [0.717, 1.165) is 17.8 Å². The van der Waals surface area contributed by atoms with E-state index in [9.17, 15) is 4.79 Å². The fourth-order valence-electron chi connectivity index (χ4n) is 1.48. The zero-order valence-corrected chi connectivity index (χ0v) is 7.44. The number of aldehydes is 1. The van der Waals surface area contributed by atoms with E-state index in [0.29, 0.717) is 0 Å². The van der Waals surface area contributed by atoms with E-state index < -0.39 is 0 Å². The second-order valence-electron chi connectivity index (χ2n) is 3.44. The van der Waals surface area contributed by atoms with Gasteiger partial charge in [0.05, 0.1) is 0 Å². The number of carbonyl (C=O) groups is 1. The molecule has 0 unspecified atom stereocenters. The van der Waals surface area contributed by atoms with Gasteiger partial charge in [-0.2, -0.15) is 0 Å². The first-order valence-electron chi connectivity index (χ1n) is 4.62. The van der Waals surface area contributed by atoms with E-state index in [1.54, 1.807) is 0 Å². The SMILES string of the molecule is O=CC=Cc1cccc(C2CC2)c1. The molecular formula is C12H12O. The van der Waals surface area contributed by atoms with Crippen LogP contribution in [0.4, 0.5) is 0 Å². The summed E-state index contributed by atoms with van der Waals surface area (Å²) < 4.78 is 0. The normalized spacial score (nSPS) is 16.3. The predicted molar refractivity (Wildman–Crippen MR) is 53.5 cm³/mol. The van der Waals surface area contributed by atoms with Crippen molar-refractivity contribution >= 4 is 12.4 Å². The molecule has 0 aliphatic heterocycles. The summed E-state index contributed by atoms with van der Waals surface area (Å²) >= 11 is 0. The molecule has 0 spiro atoms. The van der Waals surface area contributed by atoms with E-state index in [1.165, 1.54) is 24.5 Å². The number of hydrogen-bond donors (Lipinski definition) is 0. The van der Waals surface area contributed by atoms with Crippen molar-refractivity contribution in [2.24, 2.45) is 0 Å². The largest absolute Gasteiger partial charge is 0.299 e. The second kappa shape index (κ2) is 3.56. The molecule has 0 N–H and O–H groups in total. The standard InChI is InChI=1S/C12H12O/c13-8-2-4-10-3-1-5-12(9-10)11-6-7-11/h1-5,8-9,11H,6-7H2. The molecule has 1 aromatic carbocycles. The number of carbonyl (C=O) groups excluding carboxylic acids is 1. The van der Waals surface area contributed by atoms with Crippen LogP contribution in [0.1, 0.15) is 29.9 Å². The van der Waals surface area contributed by atoms with Crippen LogP contribution in [0.3, 0.4) is 0 Å². The van der Waals surface area contributed by atoms with E-state index >= 15 is 0 Å². The first-order chi connectivity index (χ1) is 6.40. The Kier molecular flexibility index (Phi) is 2.26. The van der Waals surface area contributed by atoms with Crippen LogP contribution in [0.5, 0.6) is 0 Å². The molecule has 0 aromatic heterocycles. The topological polar surface area (TPSA) is 17.1 Å². The molecule has 0 heterocycles. The maximum atomic E-state index is 10.1. The summed E-state index contributed by atoms with van der Waals surface area (Å²) in [5, 5.41) is 0. The van der Waals surface area contributed by atoms with Crippen molar-refractivity contribution in [3.8, 4) is 0 Å². The fraction of sp³-hybridized carbons (Fsp3) is 0.250. The smallest absolute Gasteiger partial charge is 0.142 e. The van der Waals surface area contributed by atoms with Gasteiger partial charge in [0.2, 0.25) is 0 Å². The highest BCUT2D eigenvalue weighted by Gasteiger charge is 2.22. The van der Waals surface area contributed by atoms with Gasteiger partial charge in [0.15, 0.2) is 0 Å². The van der Waals surface area contributed by atoms with Crippen LogP contribution in [-0.4, -0.2) is 6.29 Å². The third kappa shape index (κ3) is 2.05. The van der Waals surface area contributed by atoms with Gasteiger partial charge in [-0.05, 0) is 36.0 Å². The summed E-state index contributed by atoms with van der Waals surface area (Å²) in [5.41, 5.74) is 2.53. The van der Waals surface area contributed by atoms with E-state index in [4.69, 9.17) is 0 Å². The molecule has 0 atom stereocenters. The minimum absolute atomic E-state index is 0.782. The molecule has 1 heteroatoms. The highest BCUT2D eigenvalue weighted by molar-refractivity contribution is 5.73. The van der Waals surface area contributed by atoms with Crippen LogP contribution < -0.4 is 0 Å². The second-order valence-corrected chi connectivity index (χ2v) is 3.44. The van der Waals surface area contributed by atoms with Gasteiger partial charge in [-0.15, -0.1) is 0 Å². The summed E-state index contributed by atoms with van der Waals surface area (Å²) in [6, 6.07) is 8.40. The monoisotopic (exact) mass is 172 g/mol. The Morgan fingerprint density at radius 1 is 1.31 bits per heavy atom. The Morgan fingerprint density at radius 2 is 2.15 bits per heavy atom. The summed E-state index contributed by atoms with van der Waals surface area (Å²) in [6.07, 6.45) is 6.83. The van der Waals surface area contributed by atoms with E-state index in [1.807, 2.05) is 12.1 Å². The fourth-order valence-corrected chi connectivity index (χ4v) is 1.48. The van der Waals surface area contributed by atoms with Crippen LogP contribution in [-0.2, 0) is 4.79 Å². The lowest BCUT2D eigenvalue weighted by molar-refractivity contribution is -0.104. The summed E-state index contributed by atoms with van der Waals surface area (Å²) in [6.45, 7) is 0. The number of allylic oxidation sites excluding steroid dienone is 1. The molecule has 0 saturated heterocycles. The van der Waals surface area contributed by atoms with Crippen LogP contribution in [0.2, 0.25) is 0 Å². The van der Waals surface area contributed by atoms with Gasteiger partial charge in [-0.3, -0.25) is 4.79 Å². The Bertz CT molecular complexity index is 335. The zero-order valence-electron chi connectivity index (χ0n) is 7.44. The average Bonchev–Trinajstić information content (AvgIpc) is 2.98. The summed E-state index contributed by atoms with van der Waals surface area (Å²) in [7, 11) is 0. The molecule has 13 heavy (non-hydrogen) atoms. The predicted octanol–water partition coefficient (Wildman–Crippen LogP) is 2.78. The molecule has 0 bridgehead atoms. The van der Waals surface area contributed by atoms with Gasteiger partial charge >= 0.3 is 0 Å². The highest BCUT2D eigenvalue weighted by Crippen LogP contribution is 2.40. The van der Waals surface area contributed by atoms with Gasteiger partial charge in [-0.1, -0.05) is 30.3 Å². The maximum absolute atomic E-state index is 10.1. The first-order valence-corrected chi connectivity index (χ1v) is 4.62. The van der Waals surface area contributed by atoms with Crippen molar-refractivity contribution in [2.75, 3.05) is 0 Å². The number of benzene rings is 1. The molecular weight excluding hydrogens is 160 g/mol. The van der Waals surface area contributed by atoms with Gasteiger partial charge in [-0.25, -0.2) is 0 Å². The zero-order chi connectivity index (χ0) is 9.10. The molecule has 1 nitrogen and oxygen atoms in total. The lowest BCUT2D eigenvalue weighted by Crippen LogP contribution is -1.79. The van der Waals surface area contributed by atoms with Crippen molar-refractivity contribution in [1.29, 1.82) is 0 Å². The Morgan fingerprint density at radius 3 is 2.85 bits per heavy atom. The molecule has 1 aliphatic carbocycles. The molecule has 1 aliphatic rings. The molecule has 1 aromatic rings. The molecule has 0 amide bonds. The average molecular weight is 172 g/mol. The Hall–Kier alpha value is -1.37. The minimum Gasteiger partial charge on any atom is -0.299 e. The molecule has 66 valence electrons. The third-order valence-corrected chi connectivity index (χ3v) is 2.33. The van der Waals surface area contributed by atoms with Gasteiger partial charge < -0.3 is 0 Å². The minimum atomic E-state index is 0.782. The third-order valence-electron chi connectivity index (χ3n) is 2.33.